The predicted molar refractivity (Wildman–Crippen MR) is 93.6 cm³/mol. The molecule has 0 aliphatic carbocycles. The first kappa shape index (κ1) is 17.2. The summed E-state index contributed by atoms with van der Waals surface area (Å²) in [5, 5.41) is 3.37. The molecule has 0 heterocycles. The Balaban J connectivity index is 1.75. The molecule has 4 heteroatoms. The van der Waals surface area contributed by atoms with Gasteiger partial charge in [0.25, 0.3) is 0 Å². The summed E-state index contributed by atoms with van der Waals surface area (Å²) in [5.74, 6) is 1.74. The summed E-state index contributed by atoms with van der Waals surface area (Å²) in [6, 6.07) is 16.0. The van der Waals surface area contributed by atoms with Crippen molar-refractivity contribution in [2.75, 3.05) is 32.2 Å². The Morgan fingerprint density at radius 1 is 0.913 bits per heavy atom. The van der Waals surface area contributed by atoms with E-state index >= 15 is 0 Å². The number of methoxy groups -OCH3 is 1. The van der Waals surface area contributed by atoms with Crippen molar-refractivity contribution in [3.8, 4) is 11.5 Å². The molecule has 0 bridgehead atoms. The lowest BCUT2D eigenvalue weighted by molar-refractivity contribution is 0.146. The van der Waals surface area contributed by atoms with E-state index in [1.807, 2.05) is 36.4 Å². The summed E-state index contributed by atoms with van der Waals surface area (Å²) < 4.78 is 16.4. The fourth-order valence-corrected chi connectivity index (χ4v) is 2.06. The third-order valence-corrected chi connectivity index (χ3v) is 3.36. The van der Waals surface area contributed by atoms with Gasteiger partial charge in [-0.2, -0.15) is 0 Å². The van der Waals surface area contributed by atoms with E-state index in [0.717, 1.165) is 23.7 Å². The summed E-state index contributed by atoms with van der Waals surface area (Å²) in [5.41, 5.74) is 2.28. The molecule has 0 aliphatic rings. The van der Waals surface area contributed by atoms with Crippen LogP contribution in [0.25, 0.3) is 0 Å². The third-order valence-electron chi connectivity index (χ3n) is 3.36. The Morgan fingerprint density at radius 2 is 1.57 bits per heavy atom. The van der Waals surface area contributed by atoms with Crippen molar-refractivity contribution in [2.24, 2.45) is 0 Å². The van der Waals surface area contributed by atoms with E-state index in [9.17, 15) is 0 Å². The topological polar surface area (TPSA) is 39.7 Å². The van der Waals surface area contributed by atoms with Gasteiger partial charge in [0.15, 0.2) is 0 Å². The number of nitrogens with one attached hydrogen (secondary N) is 1. The molecule has 0 aliphatic heterocycles. The highest BCUT2D eigenvalue weighted by Gasteiger charge is 2.04. The molecule has 0 saturated heterocycles. The van der Waals surface area contributed by atoms with Crippen LogP contribution < -0.4 is 14.8 Å². The minimum Gasteiger partial charge on any atom is -0.491 e. The first-order valence-electron chi connectivity index (χ1n) is 7.86. The van der Waals surface area contributed by atoms with Gasteiger partial charge in [-0.15, -0.1) is 0 Å². The molecule has 124 valence electrons. The molecule has 2 aromatic rings. The number of aryl methyl sites for hydroxylation is 1. The highest BCUT2D eigenvalue weighted by atomic mass is 16.5. The van der Waals surface area contributed by atoms with Gasteiger partial charge in [0.2, 0.25) is 0 Å². The molecular weight excluding hydrogens is 290 g/mol. The van der Waals surface area contributed by atoms with Gasteiger partial charge in [-0.25, -0.2) is 0 Å². The maximum Gasteiger partial charge on any atom is 0.119 e. The van der Waals surface area contributed by atoms with Gasteiger partial charge in [0.05, 0.1) is 13.2 Å². The van der Waals surface area contributed by atoms with Gasteiger partial charge >= 0.3 is 0 Å². The van der Waals surface area contributed by atoms with Crippen LogP contribution in [0.2, 0.25) is 0 Å². The Labute approximate surface area is 138 Å². The fraction of sp³-hybridized carbons (Fsp3) is 0.368. The van der Waals surface area contributed by atoms with Gasteiger partial charge in [-0.3, -0.25) is 0 Å². The first-order chi connectivity index (χ1) is 11.2. The second-order valence-corrected chi connectivity index (χ2v) is 5.49. The van der Waals surface area contributed by atoms with Gasteiger partial charge in [-0.1, -0.05) is 17.7 Å². The SMILES string of the molecule is COCCOc1ccc(NCC(C)Oc2ccc(C)cc2)cc1. The Morgan fingerprint density at radius 3 is 2.22 bits per heavy atom. The lowest BCUT2D eigenvalue weighted by Crippen LogP contribution is -2.22. The van der Waals surface area contributed by atoms with E-state index in [0.29, 0.717) is 13.2 Å². The molecule has 4 nitrogen and oxygen atoms in total. The van der Waals surface area contributed by atoms with Gasteiger partial charge < -0.3 is 19.5 Å². The van der Waals surface area contributed by atoms with Crippen LogP contribution >= 0.6 is 0 Å². The zero-order chi connectivity index (χ0) is 16.5. The summed E-state index contributed by atoms with van der Waals surface area (Å²) >= 11 is 0. The molecule has 1 unspecified atom stereocenters. The number of ether oxygens (including phenoxy) is 3. The molecule has 0 spiro atoms. The van der Waals surface area contributed by atoms with Gasteiger partial charge in [0.1, 0.15) is 24.2 Å². The minimum atomic E-state index is 0.0790. The second-order valence-electron chi connectivity index (χ2n) is 5.49. The number of hydrogen-bond acceptors (Lipinski definition) is 4. The monoisotopic (exact) mass is 315 g/mol. The molecule has 1 atom stereocenters. The van der Waals surface area contributed by atoms with E-state index in [4.69, 9.17) is 14.2 Å². The largest absolute Gasteiger partial charge is 0.491 e. The summed E-state index contributed by atoms with van der Waals surface area (Å²) in [7, 11) is 1.66. The molecular formula is C19H25NO3. The van der Waals surface area contributed by atoms with Crippen molar-refractivity contribution >= 4 is 5.69 Å². The van der Waals surface area contributed by atoms with Gasteiger partial charge in [-0.05, 0) is 50.2 Å². The molecule has 0 fully saturated rings. The minimum absolute atomic E-state index is 0.0790. The predicted octanol–water partition coefficient (Wildman–Crippen LogP) is 3.90. The highest BCUT2D eigenvalue weighted by Crippen LogP contribution is 2.17. The van der Waals surface area contributed by atoms with Crippen LogP contribution in [0.4, 0.5) is 5.69 Å². The number of anilines is 1. The second kappa shape index (κ2) is 9.06. The van der Waals surface area contributed by atoms with Crippen LogP contribution in [0.15, 0.2) is 48.5 Å². The zero-order valence-corrected chi connectivity index (χ0v) is 14.0. The van der Waals surface area contributed by atoms with Crippen molar-refractivity contribution in [1.29, 1.82) is 0 Å². The lowest BCUT2D eigenvalue weighted by Gasteiger charge is -2.16. The van der Waals surface area contributed by atoms with Crippen LogP contribution in [0, 0.1) is 6.92 Å². The summed E-state index contributed by atoms with van der Waals surface area (Å²) in [6.07, 6.45) is 0.0790. The van der Waals surface area contributed by atoms with Crippen molar-refractivity contribution in [3.63, 3.8) is 0 Å². The maximum absolute atomic E-state index is 5.88. The summed E-state index contributed by atoms with van der Waals surface area (Å²) in [4.78, 5) is 0. The molecule has 2 aromatic carbocycles. The average Bonchev–Trinajstić information content (AvgIpc) is 2.56. The molecule has 2 rings (SSSR count). The van der Waals surface area contributed by atoms with E-state index in [1.165, 1.54) is 5.56 Å². The van der Waals surface area contributed by atoms with E-state index < -0.39 is 0 Å². The summed E-state index contributed by atoms with van der Waals surface area (Å²) in [6.45, 7) is 6.00. The Hall–Kier alpha value is -2.20. The smallest absolute Gasteiger partial charge is 0.119 e. The zero-order valence-electron chi connectivity index (χ0n) is 14.0. The van der Waals surface area contributed by atoms with Crippen LogP contribution in [0.5, 0.6) is 11.5 Å². The van der Waals surface area contributed by atoms with E-state index in [2.05, 4.69) is 31.3 Å². The molecule has 23 heavy (non-hydrogen) atoms. The third kappa shape index (κ3) is 6.20. The average molecular weight is 315 g/mol. The van der Waals surface area contributed by atoms with Crippen LogP contribution in [-0.4, -0.2) is 33.0 Å². The van der Waals surface area contributed by atoms with Crippen LogP contribution in [-0.2, 0) is 4.74 Å². The Bertz CT molecular complexity index is 566. The molecule has 0 saturated carbocycles. The van der Waals surface area contributed by atoms with E-state index in [-0.39, 0.29) is 6.10 Å². The maximum atomic E-state index is 5.88. The number of rotatable bonds is 9. The van der Waals surface area contributed by atoms with Crippen molar-refractivity contribution in [3.05, 3.63) is 54.1 Å². The van der Waals surface area contributed by atoms with Crippen molar-refractivity contribution in [2.45, 2.75) is 20.0 Å². The Kier molecular flexibility index (Phi) is 6.76. The standard InChI is InChI=1S/C19H25NO3/c1-15-4-8-19(9-5-15)23-16(2)14-20-17-6-10-18(11-7-17)22-13-12-21-3/h4-11,16,20H,12-14H2,1-3H3. The van der Waals surface area contributed by atoms with Crippen LogP contribution in [0.1, 0.15) is 12.5 Å². The molecule has 1 N–H and O–H groups in total. The fourth-order valence-electron chi connectivity index (χ4n) is 2.06. The number of benzene rings is 2. The molecule has 0 radical (unpaired) electrons. The highest BCUT2D eigenvalue weighted by molar-refractivity contribution is 5.46. The molecule has 0 amide bonds. The molecule has 0 aromatic heterocycles. The number of hydrogen-bond donors (Lipinski definition) is 1. The van der Waals surface area contributed by atoms with Gasteiger partial charge in [0, 0.05) is 12.8 Å². The quantitative estimate of drug-likeness (QED) is 0.712. The van der Waals surface area contributed by atoms with Crippen molar-refractivity contribution < 1.29 is 14.2 Å². The van der Waals surface area contributed by atoms with Crippen LogP contribution in [0.3, 0.4) is 0 Å². The normalized spacial score (nSPS) is 11.8. The lowest BCUT2D eigenvalue weighted by atomic mass is 10.2. The van der Waals surface area contributed by atoms with E-state index in [1.54, 1.807) is 7.11 Å². The van der Waals surface area contributed by atoms with Crippen molar-refractivity contribution in [1.82, 2.24) is 0 Å². The first-order valence-corrected chi connectivity index (χ1v) is 7.86.